The molecule has 1 aromatic heterocycles. The maximum Gasteiger partial charge on any atom is 0.211 e. The van der Waals surface area contributed by atoms with Crippen molar-refractivity contribution in [3.05, 3.63) is 53.2 Å². The van der Waals surface area contributed by atoms with Crippen LogP contribution in [0.4, 0.5) is 0 Å². The van der Waals surface area contributed by atoms with Gasteiger partial charge in [0.15, 0.2) is 0 Å². The highest BCUT2D eigenvalue weighted by Crippen LogP contribution is 2.14. The Morgan fingerprint density at radius 3 is 2.30 bits per heavy atom. The lowest BCUT2D eigenvalue weighted by molar-refractivity contribution is 0.402. The molecule has 3 nitrogen and oxygen atoms in total. The van der Waals surface area contributed by atoms with E-state index in [1.807, 2.05) is 6.92 Å². The molecule has 1 N–H and O–H groups in total. The highest BCUT2D eigenvalue weighted by molar-refractivity contribution is 5.22. The third-order valence-electron chi connectivity index (χ3n) is 3.29. The number of aryl methyl sites for hydroxylation is 1. The fraction of sp³-hybridized carbons (Fsp3) is 0.471. The Balaban J connectivity index is 1.87. The van der Waals surface area contributed by atoms with Gasteiger partial charge in [-0.3, -0.25) is 0 Å². The van der Waals surface area contributed by atoms with Gasteiger partial charge in [-0.1, -0.05) is 38.1 Å². The second kappa shape index (κ2) is 6.71. The van der Waals surface area contributed by atoms with Crippen molar-refractivity contribution in [3.63, 3.8) is 0 Å². The summed E-state index contributed by atoms with van der Waals surface area (Å²) in [6.45, 7) is 9.30. The molecule has 0 saturated heterocycles. The average molecular weight is 272 g/mol. The molecule has 0 amide bonds. The van der Waals surface area contributed by atoms with Gasteiger partial charge in [0.1, 0.15) is 5.76 Å². The minimum absolute atomic E-state index is 0.124. The molecule has 2 rings (SSSR count). The second-order valence-corrected chi connectivity index (χ2v) is 5.83. The number of hydrogen-bond donors (Lipinski definition) is 1. The van der Waals surface area contributed by atoms with Crippen LogP contribution in [-0.2, 0) is 13.0 Å². The third kappa shape index (κ3) is 4.20. The first kappa shape index (κ1) is 14.8. The number of aromatic nitrogens is 1. The summed E-state index contributed by atoms with van der Waals surface area (Å²) in [5.74, 6) is 2.30. The molecule has 0 aliphatic carbocycles. The van der Waals surface area contributed by atoms with E-state index in [-0.39, 0.29) is 6.04 Å². The van der Waals surface area contributed by atoms with E-state index in [1.54, 1.807) is 6.20 Å². The predicted molar refractivity (Wildman–Crippen MR) is 81.5 cm³/mol. The third-order valence-corrected chi connectivity index (χ3v) is 3.29. The van der Waals surface area contributed by atoms with E-state index < -0.39 is 0 Å². The highest BCUT2D eigenvalue weighted by Gasteiger charge is 2.10. The largest absolute Gasteiger partial charge is 0.444 e. The minimum Gasteiger partial charge on any atom is -0.444 e. The van der Waals surface area contributed by atoms with Crippen molar-refractivity contribution in [1.82, 2.24) is 10.3 Å². The van der Waals surface area contributed by atoms with Crippen molar-refractivity contribution in [3.8, 4) is 0 Å². The first-order valence-electron chi connectivity index (χ1n) is 7.28. The van der Waals surface area contributed by atoms with Gasteiger partial charge in [0.25, 0.3) is 0 Å². The lowest BCUT2D eigenvalue weighted by Gasteiger charge is -2.11. The summed E-state index contributed by atoms with van der Waals surface area (Å²) in [6.07, 6.45) is 2.90. The van der Waals surface area contributed by atoms with Crippen LogP contribution in [0.2, 0.25) is 0 Å². The summed E-state index contributed by atoms with van der Waals surface area (Å²) in [5, 5.41) is 3.43. The van der Waals surface area contributed by atoms with Crippen LogP contribution < -0.4 is 5.32 Å². The Labute approximate surface area is 121 Å². The van der Waals surface area contributed by atoms with Gasteiger partial charge in [-0.15, -0.1) is 0 Å². The van der Waals surface area contributed by atoms with E-state index in [4.69, 9.17) is 4.42 Å². The molecular weight excluding hydrogens is 248 g/mol. The molecule has 0 radical (unpaired) electrons. The van der Waals surface area contributed by atoms with Gasteiger partial charge in [-0.05, 0) is 37.3 Å². The van der Waals surface area contributed by atoms with Crippen LogP contribution in [0, 0.1) is 12.8 Å². The molecular formula is C17H24N2O. The van der Waals surface area contributed by atoms with Gasteiger partial charge in [0.05, 0.1) is 12.2 Å². The van der Waals surface area contributed by atoms with Crippen molar-refractivity contribution in [1.29, 1.82) is 0 Å². The van der Waals surface area contributed by atoms with Crippen LogP contribution in [0.5, 0.6) is 0 Å². The fourth-order valence-corrected chi connectivity index (χ4v) is 2.20. The number of oxazole rings is 1. The topological polar surface area (TPSA) is 38.1 Å². The Morgan fingerprint density at radius 2 is 1.75 bits per heavy atom. The maximum atomic E-state index is 5.52. The van der Waals surface area contributed by atoms with Gasteiger partial charge in [0.2, 0.25) is 5.89 Å². The first-order chi connectivity index (χ1) is 9.54. The Bertz CT molecular complexity index is 528. The number of nitrogens with zero attached hydrogens (tertiary/aromatic N) is 1. The lowest BCUT2D eigenvalue weighted by Crippen LogP contribution is -2.18. The molecule has 0 fully saturated rings. The Morgan fingerprint density at radius 1 is 1.10 bits per heavy atom. The number of rotatable bonds is 6. The van der Waals surface area contributed by atoms with Crippen LogP contribution in [0.1, 0.15) is 49.6 Å². The Kier molecular flexibility index (Phi) is 4.96. The summed E-state index contributed by atoms with van der Waals surface area (Å²) in [7, 11) is 0. The molecule has 108 valence electrons. The molecule has 0 spiro atoms. The predicted octanol–water partition coefficient (Wildman–Crippen LogP) is 4.03. The van der Waals surface area contributed by atoms with E-state index in [9.17, 15) is 0 Å². The monoisotopic (exact) mass is 272 g/mol. The molecule has 0 aliphatic rings. The molecule has 1 aromatic carbocycles. The molecule has 1 atom stereocenters. The summed E-state index contributed by atoms with van der Waals surface area (Å²) in [6, 6.07) is 8.95. The van der Waals surface area contributed by atoms with Crippen LogP contribution in [0.3, 0.4) is 0 Å². The van der Waals surface area contributed by atoms with Gasteiger partial charge >= 0.3 is 0 Å². The molecule has 3 heteroatoms. The first-order valence-corrected chi connectivity index (χ1v) is 7.28. The molecule has 0 bridgehead atoms. The number of benzene rings is 1. The highest BCUT2D eigenvalue weighted by atomic mass is 16.4. The lowest BCUT2D eigenvalue weighted by atomic mass is 10.0. The van der Waals surface area contributed by atoms with Crippen LogP contribution in [0.25, 0.3) is 0 Å². The maximum absolute atomic E-state index is 5.52. The molecule has 1 heterocycles. The normalized spacial score (nSPS) is 12.8. The minimum atomic E-state index is 0.124. The molecule has 0 saturated carbocycles. The molecule has 0 aliphatic heterocycles. The van der Waals surface area contributed by atoms with E-state index in [1.165, 1.54) is 11.1 Å². The smallest absolute Gasteiger partial charge is 0.211 e. The van der Waals surface area contributed by atoms with E-state index in [2.05, 4.69) is 55.3 Å². The van der Waals surface area contributed by atoms with E-state index in [0.29, 0.717) is 5.92 Å². The average Bonchev–Trinajstić information content (AvgIpc) is 2.84. The zero-order valence-electron chi connectivity index (χ0n) is 12.8. The van der Waals surface area contributed by atoms with E-state index in [0.717, 1.165) is 24.6 Å². The van der Waals surface area contributed by atoms with Crippen molar-refractivity contribution in [2.24, 2.45) is 5.92 Å². The fourth-order valence-electron chi connectivity index (χ4n) is 2.20. The summed E-state index contributed by atoms with van der Waals surface area (Å²) >= 11 is 0. The zero-order valence-corrected chi connectivity index (χ0v) is 12.8. The number of hydrogen-bond acceptors (Lipinski definition) is 3. The summed E-state index contributed by atoms with van der Waals surface area (Å²) < 4.78 is 5.52. The van der Waals surface area contributed by atoms with Crippen LogP contribution >= 0.6 is 0 Å². The van der Waals surface area contributed by atoms with Crippen molar-refractivity contribution >= 4 is 0 Å². The second-order valence-electron chi connectivity index (χ2n) is 5.83. The van der Waals surface area contributed by atoms with Crippen LogP contribution in [0.15, 0.2) is 34.9 Å². The van der Waals surface area contributed by atoms with E-state index >= 15 is 0 Å². The van der Waals surface area contributed by atoms with Gasteiger partial charge in [-0.2, -0.15) is 0 Å². The van der Waals surface area contributed by atoms with Gasteiger partial charge in [-0.25, -0.2) is 4.98 Å². The Hall–Kier alpha value is -1.61. The van der Waals surface area contributed by atoms with Gasteiger partial charge in [0, 0.05) is 6.54 Å². The standard InChI is InChI=1S/C17H24N2O/c1-12(2)9-15-5-7-16(8-6-15)11-18-14(4)17-19-10-13(3)20-17/h5-8,10,12,14,18H,9,11H2,1-4H3. The summed E-state index contributed by atoms with van der Waals surface area (Å²) in [5.41, 5.74) is 2.69. The zero-order chi connectivity index (χ0) is 14.5. The molecule has 2 aromatic rings. The summed E-state index contributed by atoms with van der Waals surface area (Å²) in [4.78, 5) is 4.25. The van der Waals surface area contributed by atoms with Crippen molar-refractivity contribution in [2.75, 3.05) is 0 Å². The van der Waals surface area contributed by atoms with Crippen molar-refractivity contribution < 1.29 is 4.42 Å². The molecule has 20 heavy (non-hydrogen) atoms. The van der Waals surface area contributed by atoms with Crippen molar-refractivity contribution in [2.45, 2.75) is 46.7 Å². The van der Waals surface area contributed by atoms with Gasteiger partial charge < -0.3 is 9.73 Å². The SMILES string of the molecule is Cc1cnc(C(C)NCc2ccc(CC(C)C)cc2)o1. The quantitative estimate of drug-likeness (QED) is 0.862. The molecule has 1 unspecified atom stereocenters. The van der Waals surface area contributed by atoms with Crippen LogP contribution in [-0.4, -0.2) is 4.98 Å². The number of nitrogens with one attached hydrogen (secondary N) is 1.